The van der Waals surface area contributed by atoms with Gasteiger partial charge in [0.2, 0.25) is 5.95 Å². The third-order valence-electron chi connectivity index (χ3n) is 5.64. The van der Waals surface area contributed by atoms with Crippen LogP contribution in [0.25, 0.3) is 28.0 Å². The van der Waals surface area contributed by atoms with Crippen molar-refractivity contribution in [2.45, 2.75) is 39.3 Å². The molecule has 8 nitrogen and oxygen atoms in total. The van der Waals surface area contributed by atoms with E-state index in [9.17, 15) is 14.7 Å². The second kappa shape index (κ2) is 9.36. The smallest absolute Gasteiger partial charge is 0.338 e. The first kappa shape index (κ1) is 23.6. The molecule has 0 unspecified atom stereocenters. The van der Waals surface area contributed by atoms with E-state index in [0.717, 1.165) is 22.7 Å². The number of fused-ring (bicyclic) bond motifs is 1. The van der Waals surface area contributed by atoms with Crippen molar-refractivity contribution >= 4 is 24.9 Å². The summed E-state index contributed by atoms with van der Waals surface area (Å²) in [5.41, 5.74) is 3.33. The van der Waals surface area contributed by atoms with E-state index in [1.54, 1.807) is 6.07 Å². The molecule has 0 spiro atoms. The van der Waals surface area contributed by atoms with Gasteiger partial charge in [-0.05, 0) is 41.8 Å². The summed E-state index contributed by atoms with van der Waals surface area (Å²) in [5, 5.41) is 13.9. The molecule has 2 heterocycles. The van der Waals surface area contributed by atoms with Crippen molar-refractivity contribution in [3.8, 4) is 17.1 Å². The minimum absolute atomic E-state index is 0.00154. The first-order valence-corrected chi connectivity index (χ1v) is 14.8. The normalized spacial score (nSPS) is 11.8. The second-order valence-corrected chi connectivity index (χ2v) is 15.1. The zero-order valence-corrected chi connectivity index (χ0v) is 20.8. The van der Waals surface area contributed by atoms with Gasteiger partial charge < -0.3 is 9.84 Å². The zero-order valence-electron chi connectivity index (χ0n) is 19.8. The van der Waals surface area contributed by atoms with Gasteiger partial charge in [0.15, 0.2) is 0 Å². The van der Waals surface area contributed by atoms with Gasteiger partial charge in [-0.2, -0.15) is 5.10 Å². The molecule has 4 aromatic rings. The lowest BCUT2D eigenvalue weighted by Gasteiger charge is -2.17. The van der Waals surface area contributed by atoms with E-state index >= 15 is 0 Å². The minimum Gasteiger partial charge on any atom is -0.478 e. The van der Waals surface area contributed by atoms with Crippen LogP contribution in [-0.2, 0) is 11.5 Å². The highest BCUT2D eigenvalue weighted by atomic mass is 28.3. The lowest BCUT2D eigenvalue weighted by Crippen LogP contribution is -2.28. The molecule has 176 valence electrons. The topological polar surface area (TPSA) is 99.2 Å². The number of rotatable bonds is 8. The van der Waals surface area contributed by atoms with E-state index in [-0.39, 0.29) is 23.8 Å². The average molecular weight is 477 g/mol. The molecule has 0 amide bonds. The highest BCUT2D eigenvalue weighted by Gasteiger charge is 2.18. The van der Waals surface area contributed by atoms with Gasteiger partial charge in [0.1, 0.15) is 6.73 Å². The molecule has 1 N–H and O–H groups in total. The van der Waals surface area contributed by atoms with Crippen molar-refractivity contribution in [3.05, 3.63) is 76.3 Å². The van der Waals surface area contributed by atoms with Gasteiger partial charge in [-0.3, -0.25) is 9.36 Å². The summed E-state index contributed by atoms with van der Waals surface area (Å²) < 4.78 is 8.59. The van der Waals surface area contributed by atoms with Crippen molar-refractivity contribution in [1.82, 2.24) is 19.3 Å². The van der Waals surface area contributed by atoms with Crippen molar-refractivity contribution in [1.29, 1.82) is 0 Å². The number of carboxylic acids is 1. The fourth-order valence-electron chi connectivity index (χ4n) is 3.64. The molecule has 34 heavy (non-hydrogen) atoms. The first-order valence-electron chi connectivity index (χ1n) is 11.1. The van der Waals surface area contributed by atoms with Gasteiger partial charge >= 0.3 is 5.97 Å². The Morgan fingerprint density at radius 1 is 1.15 bits per heavy atom. The number of carbonyl (C=O) groups is 1. The highest BCUT2D eigenvalue weighted by molar-refractivity contribution is 6.76. The van der Waals surface area contributed by atoms with Crippen molar-refractivity contribution < 1.29 is 14.6 Å². The highest BCUT2D eigenvalue weighted by Crippen LogP contribution is 2.25. The molecule has 0 saturated carbocycles. The summed E-state index contributed by atoms with van der Waals surface area (Å²) in [7, 11) is -1.30. The number of hydrogen-bond acceptors (Lipinski definition) is 5. The predicted octanol–water partition coefficient (Wildman–Crippen LogP) is 4.57. The maximum Gasteiger partial charge on any atom is 0.338 e. The Balaban J connectivity index is 1.82. The van der Waals surface area contributed by atoms with E-state index < -0.39 is 14.0 Å². The number of nitrogens with zero attached hydrogens (tertiary/aromatic N) is 4. The Kier molecular flexibility index (Phi) is 6.49. The monoisotopic (exact) mass is 476 g/mol. The lowest BCUT2D eigenvalue weighted by molar-refractivity contribution is 0.0697. The molecule has 0 aliphatic heterocycles. The third kappa shape index (κ3) is 5.00. The van der Waals surface area contributed by atoms with Gasteiger partial charge in [0.25, 0.3) is 5.56 Å². The van der Waals surface area contributed by atoms with E-state index in [1.165, 1.54) is 21.6 Å². The van der Waals surface area contributed by atoms with E-state index in [0.29, 0.717) is 17.5 Å². The summed E-state index contributed by atoms with van der Waals surface area (Å²) in [6, 6.07) is 14.5. The van der Waals surface area contributed by atoms with Crippen molar-refractivity contribution in [2.75, 3.05) is 6.61 Å². The van der Waals surface area contributed by atoms with Gasteiger partial charge in [-0.1, -0.05) is 50.0 Å². The summed E-state index contributed by atoms with van der Waals surface area (Å²) in [5.74, 6) is -0.892. The summed E-state index contributed by atoms with van der Waals surface area (Å²) in [6.07, 6.45) is 2.58. The first-order chi connectivity index (χ1) is 16.1. The number of benzene rings is 2. The molecule has 0 aliphatic rings. The van der Waals surface area contributed by atoms with Crippen molar-refractivity contribution in [3.63, 3.8) is 0 Å². The zero-order chi connectivity index (χ0) is 24.5. The average Bonchev–Trinajstić information content (AvgIpc) is 3.28. The summed E-state index contributed by atoms with van der Waals surface area (Å²) in [4.78, 5) is 29.6. The van der Waals surface area contributed by atoms with Crippen molar-refractivity contribution in [2.24, 2.45) is 0 Å². The number of aromatic carboxylic acids is 1. The largest absolute Gasteiger partial charge is 0.478 e. The molecular formula is C25H28N4O4Si. The Morgan fingerprint density at radius 2 is 1.91 bits per heavy atom. The van der Waals surface area contributed by atoms with E-state index in [4.69, 9.17) is 4.74 Å². The molecule has 0 saturated heterocycles. The second-order valence-electron chi connectivity index (χ2n) is 9.52. The van der Waals surface area contributed by atoms with Gasteiger partial charge in [-0.15, -0.1) is 0 Å². The molecule has 9 heteroatoms. The fourth-order valence-corrected chi connectivity index (χ4v) is 4.40. The number of ether oxygens (including phenoxy) is 1. The molecule has 4 rings (SSSR count). The molecule has 0 bridgehead atoms. The van der Waals surface area contributed by atoms with Crippen LogP contribution < -0.4 is 5.56 Å². The summed E-state index contributed by atoms with van der Waals surface area (Å²) >= 11 is 0. The Bertz CT molecular complexity index is 1420. The number of aromatic nitrogens is 4. The number of carboxylic acid groups (broad SMARTS) is 1. The van der Waals surface area contributed by atoms with Gasteiger partial charge in [0.05, 0.1) is 22.7 Å². The van der Waals surface area contributed by atoms with Crippen LogP contribution in [0.15, 0.2) is 59.7 Å². The van der Waals surface area contributed by atoms with Crippen LogP contribution in [0.2, 0.25) is 25.7 Å². The number of hydrogen-bond donors (Lipinski definition) is 1. The molecule has 2 aromatic heterocycles. The van der Waals surface area contributed by atoms with Gasteiger partial charge in [0, 0.05) is 20.9 Å². The van der Waals surface area contributed by atoms with Crippen LogP contribution in [0, 0.1) is 6.92 Å². The third-order valence-corrected chi connectivity index (χ3v) is 7.35. The van der Waals surface area contributed by atoms with Crippen LogP contribution in [-0.4, -0.2) is 45.1 Å². The van der Waals surface area contributed by atoms with Gasteiger partial charge in [-0.25, -0.2) is 14.5 Å². The van der Waals surface area contributed by atoms with Crippen LogP contribution in [0.1, 0.15) is 15.9 Å². The van der Waals surface area contributed by atoms with E-state index in [1.807, 2.05) is 43.3 Å². The molecule has 0 atom stereocenters. The SMILES string of the molecule is Cc1ccccc1-c1ccc2nc(-n3cc(C(=O)O)cn3)n(COCC[Si](C)(C)C)c(=O)c2c1. The van der Waals surface area contributed by atoms with Crippen LogP contribution >= 0.6 is 0 Å². The fraction of sp³-hybridized carbons (Fsp3) is 0.280. The minimum atomic E-state index is -1.30. The van der Waals surface area contributed by atoms with E-state index in [2.05, 4.69) is 29.7 Å². The summed E-state index contributed by atoms with van der Waals surface area (Å²) in [6.45, 7) is 9.34. The molecule has 0 aliphatic carbocycles. The molecular weight excluding hydrogens is 448 g/mol. The standard InChI is InChI=1S/C25H28N4O4Si/c1-17-7-5-6-8-20(17)18-9-10-22-21(13-18)23(30)28(16-33-11-12-34(2,3)4)25(27-22)29-15-19(14-26-29)24(31)32/h5-10,13-15H,11-12,16H2,1-4H3,(H,31,32). The molecule has 0 radical (unpaired) electrons. The predicted molar refractivity (Wildman–Crippen MR) is 134 cm³/mol. The Hall–Kier alpha value is -3.56. The Labute approximate surface area is 198 Å². The lowest BCUT2D eigenvalue weighted by atomic mass is 9.99. The van der Waals surface area contributed by atoms with Crippen LogP contribution in [0.4, 0.5) is 0 Å². The molecule has 2 aromatic carbocycles. The Morgan fingerprint density at radius 3 is 2.59 bits per heavy atom. The number of aryl methyl sites for hydroxylation is 1. The quantitative estimate of drug-likeness (QED) is 0.295. The van der Waals surface area contributed by atoms with Crippen LogP contribution in [0.5, 0.6) is 0 Å². The molecule has 0 fully saturated rings. The van der Waals surface area contributed by atoms with Crippen LogP contribution in [0.3, 0.4) is 0 Å². The maximum atomic E-state index is 13.6. The maximum absolute atomic E-state index is 13.6.